The second-order valence-electron chi connectivity index (χ2n) is 5.12. The molecule has 0 fully saturated rings. The summed E-state index contributed by atoms with van der Waals surface area (Å²) in [5.41, 5.74) is 0.862. The number of nitrogens with zero attached hydrogens (tertiary/aromatic N) is 2. The number of fused-ring (bicyclic) bond motifs is 1. The minimum atomic E-state index is -3.39. The largest absolute Gasteiger partial charge is 0.343 e. The van der Waals surface area contributed by atoms with Crippen molar-refractivity contribution in [1.82, 2.24) is 14.8 Å². The summed E-state index contributed by atoms with van der Waals surface area (Å²) in [6.07, 6.45) is 2.53. The lowest BCUT2D eigenvalue weighted by Crippen LogP contribution is -2.16. The number of benzene rings is 1. The van der Waals surface area contributed by atoms with Gasteiger partial charge in [0.15, 0.2) is 15.7 Å². The highest BCUT2D eigenvalue weighted by Crippen LogP contribution is 2.34. The van der Waals surface area contributed by atoms with Crippen LogP contribution >= 0.6 is 0 Å². The summed E-state index contributed by atoms with van der Waals surface area (Å²) in [4.78, 5) is 26.4. The molecule has 0 spiro atoms. The van der Waals surface area contributed by atoms with Gasteiger partial charge in [0.1, 0.15) is 0 Å². The molecular weight excluding hydrogens is 320 g/mol. The summed E-state index contributed by atoms with van der Waals surface area (Å²) in [6.45, 7) is 2.18. The molecule has 0 saturated heterocycles. The smallest absolute Gasteiger partial charge is 0.321 e. The molecule has 0 aliphatic carbocycles. The van der Waals surface area contributed by atoms with Crippen LogP contribution in [0.5, 0.6) is 0 Å². The fourth-order valence-electron chi connectivity index (χ4n) is 2.33. The van der Waals surface area contributed by atoms with E-state index in [-0.39, 0.29) is 27.9 Å². The lowest BCUT2D eigenvalue weighted by Gasteiger charge is -2.02. The molecule has 0 atom stereocenters. The standard InChI is InChI=1S/C14H14N4O4S/c1-3-18-14(20)16-12(17-18)7-10-9-6-8(23(2,21)22)4-5-11(9)15-13(10)19/h4-7H,3H2,1-2H3,(H,15,19)(H,16,17,20)/b10-7-. The number of amides is 1. The van der Waals surface area contributed by atoms with Crippen LogP contribution in [-0.2, 0) is 21.2 Å². The fourth-order valence-corrected chi connectivity index (χ4v) is 2.98. The van der Waals surface area contributed by atoms with Crippen LogP contribution in [0.2, 0.25) is 0 Å². The number of nitrogens with one attached hydrogen (secondary N) is 2. The van der Waals surface area contributed by atoms with Gasteiger partial charge in [0, 0.05) is 24.1 Å². The summed E-state index contributed by atoms with van der Waals surface area (Å²) in [6, 6.07) is 4.41. The zero-order chi connectivity index (χ0) is 16.8. The second kappa shape index (κ2) is 5.20. The molecule has 0 saturated carbocycles. The van der Waals surface area contributed by atoms with Gasteiger partial charge < -0.3 is 5.32 Å². The van der Waals surface area contributed by atoms with Gasteiger partial charge in [-0.05, 0) is 31.2 Å². The molecule has 3 rings (SSSR count). The Balaban J connectivity index is 2.13. The molecule has 1 aliphatic rings. The summed E-state index contributed by atoms with van der Waals surface area (Å²) < 4.78 is 24.6. The highest BCUT2D eigenvalue weighted by Gasteiger charge is 2.26. The Morgan fingerprint density at radius 2 is 2.04 bits per heavy atom. The van der Waals surface area contributed by atoms with Crippen LogP contribution < -0.4 is 11.0 Å². The van der Waals surface area contributed by atoms with Crippen molar-refractivity contribution in [1.29, 1.82) is 0 Å². The summed E-state index contributed by atoms with van der Waals surface area (Å²) in [5, 5.41) is 6.70. The molecule has 0 bridgehead atoms. The maximum Gasteiger partial charge on any atom is 0.343 e. The predicted octanol–water partition coefficient (Wildman–Crippen LogP) is 0.488. The number of sulfone groups is 1. The van der Waals surface area contributed by atoms with E-state index in [2.05, 4.69) is 15.4 Å². The number of aromatic amines is 1. The SMILES string of the molecule is CCn1nc(/C=C2\C(=O)Nc3ccc(S(C)(=O)=O)cc32)[nH]c1=O. The maximum absolute atomic E-state index is 12.1. The molecule has 120 valence electrons. The number of carbonyl (C=O) groups excluding carboxylic acids is 1. The second-order valence-corrected chi connectivity index (χ2v) is 7.14. The van der Waals surface area contributed by atoms with Gasteiger partial charge in [-0.3, -0.25) is 9.78 Å². The molecule has 2 N–H and O–H groups in total. The van der Waals surface area contributed by atoms with Gasteiger partial charge in [-0.25, -0.2) is 17.9 Å². The zero-order valence-corrected chi connectivity index (χ0v) is 13.3. The molecule has 1 aromatic carbocycles. The average molecular weight is 334 g/mol. The van der Waals surface area contributed by atoms with E-state index in [1.807, 2.05) is 0 Å². The van der Waals surface area contributed by atoms with Crippen LogP contribution in [0, 0.1) is 0 Å². The van der Waals surface area contributed by atoms with Gasteiger partial charge >= 0.3 is 5.69 Å². The Kier molecular flexibility index (Phi) is 3.44. The first-order valence-corrected chi connectivity index (χ1v) is 8.73. The van der Waals surface area contributed by atoms with Crippen LogP contribution in [-0.4, -0.2) is 35.3 Å². The van der Waals surface area contributed by atoms with Gasteiger partial charge in [0.25, 0.3) is 5.91 Å². The van der Waals surface area contributed by atoms with Crippen molar-refractivity contribution in [3.05, 3.63) is 40.1 Å². The van der Waals surface area contributed by atoms with Gasteiger partial charge in [-0.15, -0.1) is 0 Å². The van der Waals surface area contributed by atoms with Crippen LogP contribution in [0.4, 0.5) is 5.69 Å². The molecule has 1 aliphatic heterocycles. The van der Waals surface area contributed by atoms with Crippen molar-refractivity contribution in [2.24, 2.45) is 0 Å². The van der Waals surface area contributed by atoms with E-state index in [0.29, 0.717) is 17.8 Å². The summed E-state index contributed by atoms with van der Waals surface area (Å²) in [5.74, 6) is -0.142. The van der Waals surface area contributed by atoms with Crippen molar-refractivity contribution in [2.75, 3.05) is 11.6 Å². The van der Waals surface area contributed by atoms with Crippen molar-refractivity contribution in [3.8, 4) is 0 Å². The van der Waals surface area contributed by atoms with E-state index in [1.54, 1.807) is 6.92 Å². The number of anilines is 1. The molecule has 1 amide bonds. The van der Waals surface area contributed by atoms with E-state index in [9.17, 15) is 18.0 Å². The van der Waals surface area contributed by atoms with Crippen molar-refractivity contribution in [2.45, 2.75) is 18.4 Å². The molecule has 2 aromatic rings. The topological polar surface area (TPSA) is 114 Å². The van der Waals surface area contributed by atoms with Crippen LogP contribution in [0.15, 0.2) is 27.9 Å². The molecule has 0 unspecified atom stereocenters. The Labute approximate surface area is 131 Å². The minimum absolute atomic E-state index is 0.117. The van der Waals surface area contributed by atoms with E-state index in [1.165, 1.54) is 29.0 Å². The number of rotatable bonds is 3. The molecule has 1 aromatic heterocycles. The average Bonchev–Trinajstić information content (AvgIpc) is 2.98. The Bertz CT molecular complexity index is 998. The fraction of sp³-hybridized carbons (Fsp3) is 0.214. The van der Waals surface area contributed by atoms with Crippen LogP contribution in [0.25, 0.3) is 11.6 Å². The first-order chi connectivity index (χ1) is 10.8. The van der Waals surface area contributed by atoms with Gasteiger partial charge in [0.05, 0.1) is 10.5 Å². The number of hydrogen-bond donors (Lipinski definition) is 2. The molecular formula is C14H14N4O4S. The molecule has 23 heavy (non-hydrogen) atoms. The maximum atomic E-state index is 12.1. The Hall–Kier alpha value is -2.68. The monoisotopic (exact) mass is 334 g/mol. The third-order valence-corrected chi connectivity index (χ3v) is 4.59. The number of hydrogen-bond acceptors (Lipinski definition) is 5. The van der Waals surface area contributed by atoms with Crippen molar-refractivity contribution in [3.63, 3.8) is 0 Å². The highest BCUT2D eigenvalue weighted by molar-refractivity contribution is 7.90. The number of H-pyrrole nitrogens is 1. The normalized spacial score (nSPS) is 15.7. The molecule has 0 radical (unpaired) electrons. The molecule has 8 nitrogen and oxygen atoms in total. The third kappa shape index (κ3) is 2.70. The lowest BCUT2D eigenvalue weighted by molar-refractivity contribution is -0.110. The van der Waals surface area contributed by atoms with Gasteiger partial charge in [-0.1, -0.05) is 0 Å². The third-order valence-electron chi connectivity index (χ3n) is 3.48. The minimum Gasteiger partial charge on any atom is -0.321 e. The highest BCUT2D eigenvalue weighted by atomic mass is 32.2. The van der Waals surface area contributed by atoms with Crippen molar-refractivity contribution < 1.29 is 13.2 Å². The van der Waals surface area contributed by atoms with E-state index in [4.69, 9.17) is 0 Å². The first kappa shape index (κ1) is 15.2. The van der Waals surface area contributed by atoms with Gasteiger partial charge in [-0.2, -0.15) is 5.10 Å². The summed E-state index contributed by atoms with van der Waals surface area (Å²) in [7, 11) is -3.39. The first-order valence-electron chi connectivity index (χ1n) is 6.84. The predicted molar refractivity (Wildman–Crippen MR) is 84.6 cm³/mol. The van der Waals surface area contributed by atoms with Crippen LogP contribution in [0.3, 0.4) is 0 Å². The Morgan fingerprint density at radius 1 is 1.30 bits per heavy atom. The quantitative estimate of drug-likeness (QED) is 0.793. The Morgan fingerprint density at radius 3 is 2.65 bits per heavy atom. The summed E-state index contributed by atoms with van der Waals surface area (Å²) >= 11 is 0. The van der Waals surface area contributed by atoms with Crippen LogP contribution in [0.1, 0.15) is 18.3 Å². The van der Waals surface area contributed by atoms with E-state index < -0.39 is 9.84 Å². The lowest BCUT2D eigenvalue weighted by atomic mass is 10.1. The number of aryl methyl sites for hydroxylation is 1. The number of carbonyl (C=O) groups is 1. The van der Waals surface area contributed by atoms with Gasteiger partial charge in [0.2, 0.25) is 0 Å². The molecule has 9 heteroatoms. The van der Waals surface area contributed by atoms with E-state index >= 15 is 0 Å². The zero-order valence-electron chi connectivity index (χ0n) is 12.5. The van der Waals surface area contributed by atoms with Crippen molar-refractivity contribution >= 4 is 33.1 Å². The van der Waals surface area contributed by atoms with E-state index in [0.717, 1.165) is 6.26 Å². The number of aromatic nitrogens is 3. The molecule has 2 heterocycles.